The highest BCUT2D eigenvalue weighted by molar-refractivity contribution is 6.03. The van der Waals surface area contributed by atoms with Crippen LogP contribution in [0.4, 0.5) is 23.0 Å². The monoisotopic (exact) mass is 378 g/mol. The molecule has 0 radical (unpaired) electrons. The van der Waals surface area contributed by atoms with Gasteiger partial charge >= 0.3 is 0 Å². The number of amides is 1. The first kappa shape index (κ1) is 17.5. The second kappa shape index (κ2) is 7.03. The van der Waals surface area contributed by atoms with E-state index in [9.17, 15) is 4.79 Å². The van der Waals surface area contributed by atoms with E-state index in [0.29, 0.717) is 45.8 Å². The van der Waals surface area contributed by atoms with Crippen molar-refractivity contribution in [2.75, 3.05) is 24.8 Å². The number of carbonyl (C=O) groups is 1. The number of anilines is 4. The van der Waals surface area contributed by atoms with Gasteiger partial charge in [-0.2, -0.15) is 5.10 Å². The standard InChI is InChI=1S/C19H18N6O3/c1-10-7-8-14(25-24-10)22-18-17-15(11(9-21-18)19(26)20-2)23-16-12(27-3)5-4-6-13(16)28-17/h4-9,23H,1-3H3,(H,20,26)(H,21,22,25). The Kier molecular flexibility index (Phi) is 4.40. The summed E-state index contributed by atoms with van der Waals surface area (Å²) >= 11 is 0. The van der Waals surface area contributed by atoms with Gasteiger partial charge in [0.25, 0.3) is 5.91 Å². The van der Waals surface area contributed by atoms with Crippen molar-refractivity contribution in [3.8, 4) is 17.2 Å². The molecule has 142 valence electrons. The molecule has 28 heavy (non-hydrogen) atoms. The largest absolute Gasteiger partial charge is 0.494 e. The molecule has 0 fully saturated rings. The number of nitrogens with zero attached hydrogens (tertiary/aromatic N) is 3. The molecule has 0 aliphatic carbocycles. The third-order valence-corrected chi connectivity index (χ3v) is 4.22. The smallest absolute Gasteiger partial charge is 0.254 e. The fourth-order valence-corrected chi connectivity index (χ4v) is 2.82. The summed E-state index contributed by atoms with van der Waals surface area (Å²) in [6, 6.07) is 9.05. The van der Waals surface area contributed by atoms with Gasteiger partial charge in [0.05, 0.1) is 18.4 Å². The second-order valence-corrected chi connectivity index (χ2v) is 6.05. The van der Waals surface area contributed by atoms with Gasteiger partial charge in [-0.05, 0) is 31.2 Å². The summed E-state index contributed by atoms with van der Waals surface area (Å²) in [4.78, 5) is 16.7. The van der Waals surface area contributed by atoms with E-state index in [1.165, 1.54) is 6.20 Å². The molecule has 1 aromatic carbocycles. The van der Waals surface area contributed by atoms with Crippen LogP contribution in [0.25, 0.3) is 0 Å². The van der Waals surface area contributed by atoms with Gasteiger partial charge in [0.15, 0.2) is 23.1 Å². The molecule has 9 nitrogen and oxygen atoms in total. The lowest BCUT2D eigenvalue weighted by molar-refractivity contribution is 0.0963. The molecular weight excluding hydrogens is 360 g/mol. The molecule has 0 saturated heterocycles. The summed E-state index contributed by atoms with van der Waals surface area (Å²) in [6.45, 7) is 1.85. The molecule has 1 aliphatic heterocycles. The molecule has 0 atom stereocenters. The lowest BCUT2D eigenvalue weighted by Crippen LogP contribution is -2.21. The topological polar surface area (TPSA) is 110 Å². The average Bonchev–Trinajstić information content (AvgIpc) is 2.73. The van der Waals surface area contributed by atoms with Crippen molar-refractivity contribution in [1.29, 1.82) is 0 Å². The van der Waals surface area contributed by atoms with Crippen molar-refractivity contribution in [3.05, 3.63) is 47.8 Å². The quantitative estimate of drug-likeness (QED) is 0.497. The van der Waals surface area contributed by atoms with Crippen LogP contribution in [0.2, 0.25) is 0 Å². The Bertz CT molecular complexity index is 1050. The molecule has 1 amide bonds. The number of ether oxygens (including phenoxy) is 2. The molecule has 0 bridgehead atoms. The number of aryl methyl sites for hydroxylation is 1. The Hall–Kier alpha value is -3.88. The average molecular weight is 378 g/mol. The third-order valence-electron chi connectivity index (χ3n) is 4.22. The van der Waals surface area contributed by atoms with Crippen molar-refractivity contribution < 1.29 is 14.3 Å². The van der Waals surface area contributed by atoms with E-state index < -0.39 is 0 Å². The number of fused-ring (bicyclic) bond motifs is 2. The molecule has 1 aliphatic rings. The zero-order valence-corrected chi connectivity index (χ0v) is 15.5. The zero-order chi connectivity index (χ0) is 19.7. The first-order valence-corrected chi connectivity index (χ1v) is 8.55. The predicted octanol–water partition coefficient (Wildman–Crippen LogP) is 3.14. The molecule has 4 rings (SSSR count). The number of benzene rings is 1. The van der Waals surface area contributed by atoms with Crippen LogP contribution in [0.5, 0.6) is 17.2 Å². The van der Waals surface area contributed by atoms with E-state index in [1.54, 1.807) is 26.3 Å². The number of rotatable bonds is 4. The number of methoxy groups -OCH3 is 1. The first-order valence-electron chi connectivity index (χ1n) is 8.55. The normalized spacial score (nSPS) is 11.4. The van der Waals surface area contributed by atoms with Crippen LogP contribution < -0.4 is 25.4 Å². The van der Waals surface area contributed by atoms with Crippen LogP contribution in [0.15, 0.2) is 36.5 Å². The number of hydrogen-bond acceptors (Lipinski definition) is 8. The summed E-state index contributed by atoms with van der Waals surface area (Å²) in [7, 11) is 3.13. The van der Waals surface area contributed by atoms with Gasteiger partial charge in [-0.1, -0.05) is 6.07 Å². The molecule has 2 aromatic heterocycles. The van der Waals surface area contributed by atoms with E-state index in [2.05, 4.69) is 31.1 Å². The number of para-hydroxylation sites is 1. The molecule has 0 saturated carbocycles. The summed E-state index contributed by atoms with van der Waals surface area (Å²) < 4.78 is 11.5. The maximum absolute atomic E-state index is 12.3. The van der Waals surface area contributed by atoms with Gasteiger partial charge < -0.3 is 25.4 Å². The SMILES string of the molecule is CNC(=O)c1cnc(Nc2ccc(C)nn2)c2c1Nc1c(OC)cccc1O2. The van der Waals surface area contributed by atoms with Gasteiger partial charge in [0, 0.05) is 13.2 Å². The maximum atomic E-state index is 12.3. The Morgan fingerprint density at radius 2 is 2.04 bits per heavy atom. The van der Waals surface area contributed by atoms with Crippen LogP contribution in [-0.2, 0) is 0 Å². The summed E-state index contributed by atoms with van der Waals surface area (Å²) in [6.07, 6.45) is 1.47. The van der Waals surface area contributed by atoms with Gasteiger partial charge in [0.2, 0.25) is 0 Å². The molecule has 3 N–H and O–H groups in total. The summed E-state index contributed by atoms with van der Waals surface area (Å²) in [5.74, 6) is 2.15. The minimum absolute atomic E-state index is 0.292. The van der Waals surface area contributed by atoms with E-state index in [-0.39, 0.29) is 5.91 Å². The second-order valence-electron chi connectivity index (χ2n) is 6.05. The number of nitrogens with one attached hydrogen (secondary N) is 3. The number of hydrogen-bond donors (Lipinski definition) is 3. The Labute approximate surface area is 161 Å². The van der Waals surface area contributed by atoms with Crippen molar-refractivity contribution in [2.45, 2.75) is 6.92 Å². The Morgan fingerprint density at radius 1 is 1.18 bits per heavy atom. The predicted molar refractivity (Wildman–Crippen MR) is 104 cm³/mol. The summed E-state index contributed by atoms with van der Waals surface area (Å²) in [5, 5.41) is 17.1. The van der Waals surface area contributed by atoms with E-state index in [0.717, 1.165) is 5.69 Å². The highest BCUT2D eigenvalue weighted by atomic mass is 16.5. The number of pyridine rings is 1. The molecule has 3 aromatic rings. The van der Waals surface area contributed by atoms with Crippen LogP contribution in [0, 0.1) is 6.92 Å². The minimum Gasteiger partial charge on any atom is -0.494 e. The van der Waals surface area contributed by atoms with Crippen LogP contribution in [0.1, 0.15) is 16.1 Å². The zero-order valence-electron chi connectivity index (χ0n) is 15.5. The molecule has 3 heterocycles. The number of carbonyl (C=O) groups excluding carboxylic acids is 1. The van der Waals surface area contributed by atoms with Gasteiger partial charge in [0.1, 0.15) is 17.1 Å². The van der Waals surface area contributed by atoms with Crippen LogP contribution in [0.3, 0.4) is 0 Å². The van der Waals surface area contributed by atoms with Crippen molar-refractivity contribution in [2.24, 2.45) is 0 Å². The van der Waals surface area contributed by atoms with E-state index in [4.69, 9.17) is 9.47 Å². The Balaban J connectivity index is 1.81. The summed E-state index contributed by atoms with van der Waals surface area (Å²) in [5.41, 5.74) is 2.26. The lowest BCUT2D eigenvalue weighted by atomic mass is 10.1. The lowest BCUT2D eigenvalue weighted by Gasteiger charge is -2.26. The highest BCUT2D eigenvalue weighted by Gasteiger charge is 2.28. The maximum Gasteiger partial charge on any atom is 0.254 e. The van der Waals surface area contributed by atoms with Gasteiger partial charge in [-0.25, -0.2) is 4.98 Å². The molecule has 9 heteroatoms. The fourth-order valence-electron chi connectivity index (χ4n) is 2.82. The first-order chi connectivity index (χ1) is 13.6. The minimum atomic E-state index is -0.292. The fraction of sp³-hybridized carbons (Fsp3) is 0.158. The van der Waals surface area contributed by atoms with Crippen molar-refractivity contribution in [3.63, 3.8) is 0 Å². The highest BCUT2D eigenvalue weighted by Crippen LogP contribution is 2.50. The van der Waals surface area contributed by atoms with E-state index in [1.807, 2.05) is 25.1 Å². The van der Waals surface area contributed by atoms with Gasteiger partial charge in [-0.15, -0.1) is 5.10 Å². The Morgan fingerprint density at radius 3 is 2.75 bits per heavy atom. The van der Waals surface area contributed by atoms with Crippen LogP contribution in [-0.4, -0.2) is 35.2 Å². The number of aromatic nitrogens is 3. The molecular formula is C19H18N6O3. The van der Waals surface area contributed by atoms with Gasteiger partial charge in [-0.3, -0.25) is 4.79 Å². The van der Waals surface area contributed by atoms with Crippen LogP contribution >= 0.6 is 0 Å². The molecule has 0 spiro atoms. The van der Waals surface area contributed by atoms with Crippen molar-refractivity contribution in [1.82, 2.24) is 20.5 Å². The third kappa shape index (κ3) is 3.02. The van der Waals surface area contributed by atoms with E-state index >= 15 is 0 Å². The van der Waals surface area contributed by atoms with Crippen molar-refractivity contribution >= 4 is 28.9 Å². The molecule has 0 unspecified atom stereocenters.